The molecule has 0 saturated carbocycles. The SMILES string of the molecule is CC(C)(C)OC(=O)N[C@H](Cn1c(=O)[nH]c2ccccc2c1=O)C(=O)O. The Kier molecular flexibility index (Phi) is 4.96. The minimum absolute atomic E-state index is 0.239. The summed E-state index contributed by atoms with van der Waals surface area (Å²) in [6, 6.07) is 4.86. The maximum atomic E-state index is 12.4. The van der Waals surface area contributed by atoms with E-state index >= 15 is 0 Å². The van der Waals surface area contributed by atoms with Crippen LogP contribution in [0.4, 0.5) is 4.79 Å². The number of carbonyl (C=O) groups is 2. The molecule has 0 fully saturated rings. The Morgan fingerprint density at radius 3 is 2.52 bits per heavy atom. The molecule has 1 heterocycles. The fraction of sp³-hybridized carbons (Fsp3) is 0.375. The number of aromatic nitrogens is 2. The van der Waals surface area contributed by atoms with Crippen molar-refractivity contribution in [2.45, 2.75) is 39.0 Å². The van der Waals surface area contributed by atoms with Gasteiger partial charge in [-0.1, -0.05) is 12.1 Å². The van der Waals surface area contributed by atoms with Crippen LogP contribution in [0.3, 0.4) is 0 Å². The quantitative estimate of drug-likeness (QED) is 0.743. The van der Waals surface area contributed by atoms with Crippen LogP contribution in [0.25, 0.3) is 10.9 Å². The number of hydrogen-bond donors (Lipinski definition) is 3. The summed E-state index contributed by atoms with van der Waals surface area (Å²) in [6.07, 6.45) is -0.954. The standard InChI is InChI=1S/C16H19N3O6/c1-16(2,3)25-15(24)18-11(13(21)22)8-19-12(20)9-6-4-5-7-10(9)17-14(19)23/h4-7,11H,8H2,1-3H3,(H,17,23)(H,18,24)(H,21,22)/t11-/m1/s1. The fourth-order valence-corrected chi connectivity index (χ4v) is 2.18. The van der Waals surface area contributed by atoms with Crippen LogP contribution in [0.1, 0.15) is 20.8 Å². The smallest absolute Gasteiger partial charge is 0.408 e. The van der Waals surface area contributed by atoms with Crippen molar-refractivity contribution in [2.75, 3.05) is 0 Å². The van der Waals surface area contributed by atoms with Gasteiger partial charge in [0.2, 0.25) is 0 Å². The van der Waals surface area contributed by atoms with E-state index in [9.17, 15) is 24.3 Å². The van der Waals surface area contributed by atoms with E-state index in [1.54, 1.807) is 39.0 Å². The van der Waals surface area contributed by atoms with Gasteiger partial charge in [-0.25, -0.2) is 14.4 Å². The molecule has 0 radical (unpaired) electrons. The Morgan fingerprint density at radius 1 is 1.28 bits per heavy atom. The van der Waals surface area contributed by atoms with Crippen LogP contribution in [-0.2, 0) is 16.1 Å². The summed E-state index contributed by atoms with van der Waals surface area (Å²) in [5.74, 6) is -1.40. The van der Waals surface area contributed by atoms with Gasteiger partial charge in [0.15, 0.2) is 0 Å². The predicted octanol–water partition coefficient (Wildman–Crippen LogP) is 0.668. The van der Waals surface area contributed by atoms with Crippen LogP contribution in [0, 0.1) is 0 Å². The summed E-state index contributed by atoms with van der Waals surface area (Å²) in [6.45, 7) is 4.34. The number of carboxylic acids is 1. The first-order chi connectivity index (χ1) is 11.6. The zero-order valence-electron chi connectivity index (χ0n) is 14.0. The normalized spacial score (nSPS) is 12.6. The molecule has 0 saturated heterocycles. The Morgan fingerprint density at radius 2 is 1.92 bits per heavy atom. The minimum Gasteiger partial charge on any atom is -0.480 e. The third kappa shape index (κ3) is 4.46. The summed E-state index contributed by atoms with van der Waals surface area (Å²) in [4.78, 5) is 50.2. The van der Waals surface area contributed by atoms with Gasteiger partial charge in [0.05, 0.1) is 17.4 Å². The van der Waals surface area contributed by atoms with Crippen molar-refractivity contribution in [3.8, 4) is 0 Å². The van der Waals surface area contributed by atoms with E-state index in [-0.39, 0.29) is 5.39 Å². The molecule has 134 valence electrons. The number of ether oxygens (including phenoxy) is 1. The number of para-hydroxylation sites is 1. The molecule has 3 N–H and O–H groups in total. The first kappa shape index (κ1) is 18.2. The average molecular weight is 349 g/mol. The highest BCUT2D eigenvalue weighted by Crippen LogP contribution is 2.07. The van der Waals surface area contributed by atoms with E-state index < -0.39 is 41.5 Å². The summed E-state index contributed by atoms with van der Waals surface area (Å²) in [7, 11) is 0. The molecule has 25 heavy (non-hydrogen) atoms. The number of aromatic amines is 1. The molecule has 0 aliphatic heterocycles. The lowest BCUT2D eigenvalue weighted by Crippen LogP contribution is -2.49. The average Bonchev–Trinajstić information content (AvgIpc) is 2.48. The first-order valence-corrected chi connectivity index (χ1v) is 7.52. The van der Waals surface area contributed by atoms with Crippen molar-refractivity contribution in [1.82, 2.24) is 14.9 Å². The second-order valence-corrected chi connectivity index (χ2v) is 6.43. The van der Waals surface area contributed by atoms with Gasteiger partial charge < -0.3 is 20.1 Å². The lowest BCUT2D eigenvalue weighted by molar-refractivity contribution is -0.139. The van der Waals surface area contributed by atoms with Crippen molar-refractivity contribution in [2.24, 2.45) is 0 Å². The monoisotopic (exact) mass is 349 g/mol. The Balaban J connectivity index is 2.33. The van der Waals surface area contributed by atoms with Gasteiger partial charge in [-0.05, 0) is 32.9 Å². The Bertz CT molecular complexity index is 922. The second kappa shape index (κ2) is 6.80. The summed E-state index contributed by atoms with van der Waals surface area (Å²) < 4.78 is 5.73. The third-order valence-corrected chi connectivity index (χ3v) is 3.24. The molecular weight excluding hydrogens is 330 g/mol. The van der Waals surface area contributed by atoms with E-state index in [1.165, 1.54) is 6.07 Å². The van der Waals surface area contributed by atoms with Crippen LogP contribution < -0.4 is 16.6 Å². The number of alkyl carbamates (subject to hydrolysis) is 1. The largest absolute Gasteiger partial charge is 0.480 e. The summed E-state index contributed by atoms with van der Waals surface area (Å²) in [5.41, 5.74) is -1.87. The maximum absolute atomic E-state index is 12.4. The topological polar surface area (TPSA) is 130 Å². The van der Waals surface area contributed by atoms with Crippen molar-refractivity contribution < 1.29 is 19.4 Å². The number of carboxylic acid groups (broad SMARTS) is 1. The molecule has 2 rings (SSSR count). The number of nitrogens with one attached hydrogen (secondary N) is 2. The number of H-pyrrole nitrogens is 1. The van der Waals surface area contributed by atoms with Gasteiger partial charge in [0.1, 0.15) is 11.6 Å². The molecule has 0 aliphatic rings. The molecule has 9 heteroatoms. The zero-order valence-corrected chi connectivity index (χ0v) is 14.0. The van der Waals surface area contributed by atoms with E-state index in [0.717, 1.165) is 4.57 Å². The number of amides is 1. The van der Waals surface area contributed by atoms with Crippen LogP contribution in [0.5, 0.6) is 0 Å². The van der Waals surface area contributed by atoms with Gasteiger partial charge in [0.25, 0.3) is 5.56 Å². The highest BCUT2D eigenvalue weighted by Gasteiger charge is 2.25. The molecule has 0 aliphatic carbocycles. The molecule has 1 aromatic heterocycles. The summed E-state index contributed by atoms with van der Waals surface area (Å²) >= 11 is 0. The highest BCUT2D eigenvalue weighted by molar-refractivity contribution is 5.80. The molecule has 1 aromatic carbocycles. The number of nitrogens with zero attached hydrogens (tertiary/aromatic N) is 1. The molecule has 0 spiro atoms. The van der Waals surface area contributed by atoms with Crippen LogP contribution in [0.2, 0.25) is 0 Å². The molecule has 1 atom stereocenters. The van der Waals surface area contributed by atoms with E-state index in [4.69, 9.17) is 4.74 Å². The van der Waals surface area contributed by atoms with Crippen LogP contribution in [0.15, 0.2) is 33.9 Å². The van der Waals surface area contributed by atoms with Gasteiger partial charge in [-0.3, -0.25) is 9.36 Å². The lowest BCUT2D eigenvalue weighted by atomic mass is 10.2. The highest BCUT2D eigenvalue weighted by atomic mass is 16.6. The lowest BCUT2D eigenvalue weighted by Gasteiger charge is -2.22. The number of rotatable bonds is 4. The van der Waals surface area contributed by atoms with Crippen LogP contribution >= 0.6 is 0 Å². The van der Waals surface area contributed by atoms with Crippen molar-refractivity contribution in [3.63, 3.8) is 0 Å². The predicted molar refractivity (Wildman–Crippen MR) is 89.6 cm³/mol. The first-order valence-electron chi connectivity index (χ1n) is 7.52. The van der Waals surface area contributed by atoms with Crippen molar-refractivity contribution >= 4 is 23.0 Å². The fourth-order valence-electron chi connectivity index (χ4n) is 2.18. The van der Waals surface area contributed by atoms with Gasteiger partial charge in [0, 0.05) is 0 Å². The van der Waals surface area contributed by atoms with Crippen molar-refractivity contribution in [3.05, 3.63) is 45.1 Å². The van der Waals surface area contributed by atoms with E-state index in [2.05, 4.69) is 10.3 Å². The van der Waals surface area contributed by atoms with E-state index in [0.29, 0.717) is 5.52 Å². The molecule has 2 aromatic rings. The van der Waals surface area contributed by atoms with Crippen LogP contribution in [-0.4, -0.2) is 38.4 Å². The number of carbonyl (C=O) groups excluding carboxylic acids is 1. The molecular formula is C16H19N3O6. The zero-order chi connectivity index (χ0) is 18.8. The summed E-state index contributed by atoms with van der Waals surface area (Å²) in [5, 5.41) is 11.7. The third-order valence-electron chi connectivity index (χ3n) is 3.24. The molecule has 0 unspecified atom stereocenters. The number of fused-ring (bicyclic) bond motifs is 1. The molecule has 9 nitrogen and oxygen atoms in total. The van der Waals surface area contributed by atoms with Crippen molar-refractivity contribution in [1.29, 1.82) is 0 Å². The van der Waals surface area contributed by atoms with Gasteiger partial charge in [-0.2, -0.15) is 0 Å². The van der Waals surface area contributed by atoms with Gasteiger partial charge >= 0.3 is 17.8 Å². The number of benzene rings is 1. The number of aliphatic carboxylic acids is 1. The molecule has 1 amide bonds. The minimum atomic E-state index is -1.50. The second-order valence-electron chi connectivity index (χ2n) is 6.43. The van der Waals surface area contributed by atoms with Gasteiger partial charge in [-0.15, -0.1) is 0 Å². The molecule has 0 bridgehead atoms. The maximum Gasteiger partial charge on any atom is 0.408 e. The Hall–Kier alpha value is -3.10. The number of hydrogen-bond acceptors (Lipinski definition) is 5. The Labute approximate surface area is 142 Å². The van der Waals surface area contributed by atoms with E-state index in [1.807, 2.05) is 0 Å².